The number of rotatable bonds is 7. The molecule has 0 bridgehead atoms. The smallest absolute Gasteiger partial charge is 0.242 e. The van der Waals surface area contributed by atoms with Gasteiger partial charge in [0.15, 0.2) is 0 Å². The Kier molecular flexibility index (Phi) is 5.35. The van der Waals surface area contributed by atoms with Gasteiger partial charge in [-0.2, -0.15) is 0 Å². The maximum absolute atomic E-state index is 13.2. The molecule has 0 heterocycles. The van der Waals surface area contributed by atoms with Gasteiger partial charge in [-0.05, 0) is 44.0 Å². The minimum absolute atomic E-state index is 0.166. The average molecular weight is 368 g/mol. The van der Waals surface area contributed by atoms with Crippen molar-refractivity contribution in [3.63, 3.8) is 0 Å². The predicted octanol–water partition coefficient (Wildman–Crippen LogP) is 3.48. The van der Waals surface area contributed by atoms with Crippen LogP contribution in [0.2, 0.25) is 0 Å². The highest BCUT2D eigenvalue weighted by atomic mass is 16.5. The molecular weight excluding hydrogens is 344 g/mol. The van der Waals surface area contributed by atoms with Gasteiger partial charge in [0.05, 0.1) is 19.9 Å². The van der Waals surface area contributed by atoms with Gasteiger partial charge in [-0.15, -0.1) is 0 Å². The van der Waals surface area contributed by atoms with Crippen LogP contribution in [0.1, 0.15) is 19.8 Å². The van der Waals surface area contributed by atoms with Crippen LogP contribution in [-0.4, -0.2) is 32.6 Å². The molecule has 27 heavy (non-hydrogen) atoms. The molecule has 0 saturated heterocycles. The monoisotopic (exact) mass is 368 g/mol. The molecule has 1 saturated carbocycles. The average Bonchev–Trinajstić information content (AvgIpc) is 3.51. The van der Waals surface area contributed by atoms with Gasteiger partial charge in [-0.1, -0.05) is 18.2 Å². The highest BCUT2D eigenvalue weighted by molar-refractivity contribution is 6.17. The second-order valence-electron chi connectivity index (χ2n) is 6.49. The summed E-state index contributed by atoms with van der Waals surface area (Å²) in [7, 11) is 3.09. The number of para-hydroxylation sites is 1. The highest BCUT2D eigenvalue weighted by Crippen LogP contribution is 2.49. The molecule has 2 amide bonds. The Morgan fingerprint density at radius 2 is 1.78 bits per heavy atom. The van der Waals surface area contributed by atoms with Gasteiger partial charge < -0.3 is 19.7 Å². The second-order valence-corrected chi connectivity index (χ2v) is 6.49. The molecular formula is C21H24N2O4. The van der Waals surface area contributed by atoms with Crippen molar-refractivity contribution in [3.8, 4) is 11.5 Å². The van der Waals surface area contributed by atoms with Crippen LogP contribution in [-0.2, 0) is 9.59 Å². The van der Waals surface area contributed by atoms with Crippen molar-refractivity contribution < 1.29 is 19.1 Å². The maximum Gasteiger partial charge on any atom is 0.242 e. The van der Waals surface area contributed by atoms with Gasteiger partial charge in [0.1, 0.15) is 16.9 Å². The van der Waals surface area contributed by atoms with Gasteiger partial charge in [-0.25, -0.2) is 0 Å². The summed E-state index contributed by atoms with van der Waals surface area (Å²) in [6.45, 7) is 2.41. The number of nitrogens with zero attached hydrogens (tertiary/aromatic N) is 1. The molecule has 1 N–H and O–H groups in total. The summed E-state index contributed by atoms with van der Waals surface area (Å²) < 4.78 is 10.5. The van der Waals surface area contributed by atoms with Crippen LogP contribution in [0.5, 0.6) is 11.5 Å². The molecule has 0 aromatic heterocycles. The molecule has 142 valence electrons. The summed E-state index contributed by atoms with van der Waals surface area (Å²) >= 11 is 0. The summed E-state index contributed by atoms with van der Waals surface area (Å²) in [5.41, 5.74) is 0.299. The Hall–Kier alpha value is -3.02. The van der Waals surface area contributed by atoms with Gasteiger partial charge in [0.25, 0.3) is 0 Å². The van der Waals surface area contributed by atoms with Crippen LogP contribution in [0.4, 0.5) is 11.4 Å². The number of nitrogens with one attached hydrogen (secondary N) is 1. The first-order chi connectivity index (χ1) is 13.1. The van der Waals surface area contributed by atoms with Crippen LogP contribution >= 0.6 is 0 Å². The van der Waals surface area contributed by atoms with Crippen LogP contribution in [0.25, 0.3) is 0 Å². The Balaban J connectivity index is 1.81. The first kappa shape index (κ1) is 18.8. The van der Waals surface area contributed by atoms with E-state index >= 15 is 0 Å². The van der Waals surface area contributed by atoms with Crippen LogP contribution in [0.15, 0.2) is 48.5 Å². The first-order valence-corrected chi connectivity index (χ1v) is 8.96. The second kappa shape index (κ2) is 7.70. The van der Waals surface area contributed by atoms with E-state index in [4.69, 9.17) is 9.47 Å². The maximum atomic E-state index is 13.2. The van der Waals surface area contributed by atoms with Crippen molar-refractivity contribution in [1.29, 1.82) is 0 Å². The number of methoxy groups -OCH3 is 2. The molecule has 1 fully saturated rings. The number of carbonyl (C=O) groups excluding carboxylic acids is 2. The molecule has 2 aromatic carbocycles. The number of carbonyl (C=O) groups is 2. The zero-order valence-electron chi connectivity index (χ0n) is 15.8. The third-order valence-electron chi connectivity index (χ3n) is 4.88. The van der Waals surface area contributed by atoms with E-state index in [2.05, 4.69) is 5.32 Å². The Morgan fingerprint density at radius 3 is 2.33 bits per heavy atom. The summed E-state index contributed by atoms with van der Waals surface area (Å²) in [6, 6.07) is 14.6. The fourth-order valence-corrected chi connectivity index (χ4v) is 3.12. The number of hydrogen-bond acceptors (Lipinski definition) is 4. The molecule has 0 atom stereocenters. The minimum atomic E-state index is -1.02. The van der Waals surface area contributed by atoms with Crippen molar-refractivity contribution >= 4 is 23.2 Å². The van der Waals surface area contributed by atoms with Crippen molar-refractivity contribution in [1.82, 2.24) is 0 Å². The number of ether oxygens (including phenoxy) is 2. The van der Waals surface area contributed by atoms with Gasteiger partial charge >= 0.3 is 0 Å². The third kappa shape index (κ3) is 3.60. The van der Waals surface area contributed by atoms with E-state index in [1.807, 2.05) is 37.3 Å². The summed E-state index contributed by atoms with van der Waals surface area (Å²) in [5.74, 6) is 0.649. The van der Waals surface area contributed by atoms with Crippen molar-refractivity contribution in [3.05, 3.63) is 48.5 Å². The molecule has 0 spiro atoms. The zero-order valence-corrected chi connectivity index (χ0v) is 15.8. The molecule has 0 radical (unpaired) electrons. The fourth-order valence-electron chi connectivity index (χ4n) is 3.12. The van der Waals surface area contributed by atoms with Gasteiger partial charge in [-0.3, -0.25) is 9.59 Å². The van der Waals surface area contributed by atoms with Crippen molar-refractivity contribution in [2.75, 3.05) is 31.0 Å². The lowest BCUT2D eigenvalue weighted by Gasteiger charge is -2.26. The van der Waals surface area contributed by atoms with E-state index in [1.165, 1.54) is 7.11 Å². The quantitative estimate of drug-likeness (QED) is 0.760. The van der Waals surface area contributed by atoms with Gasteiger partial charge in [0.2, 0.25) is 11.8 Å². The zero-order chi connectivity index (χ0) is 19.4. The molecule has 6 heteroatoms. The van der Waals surface area contributed by atoms with E-state index < -0.39 is 5.41 Å². The summed E-state index contributed by atoms with van der Waals surface area (Å²) in [4.78, 5) is 27.8. The topological polar surface area (TPSA) is 67.9 Å². The van der Waals surface area contributed by atoms with E-state index in [0.29, 0.717) is 36.6 Å². The molecule has 0 unspecified atom stereocenters. The predicted molar refractivity (Wildman–Crippen MR) is 104 cm³/mol. The molecule has 1 aliphatic carbocycles. The lowest BCUT2D eigenvalue weighted by atomic mass is 10.0. The van der Waals surface area contributed by atoms with E-state index in [9.17, 15) is 9.59 Å². The number of amides is 2. The van der Waals surface area contributed by atoms with Crippen LogP contribution in [0, 0.1) is 5.41 Å². The molecule has 3 rings (SSSR count). The highest BCUT2D eigenvalue weighted by Gasteiger charge is 2.58. The van der Waals surface area contributed by atoms with E-state index in [1.54, 1.807) is 30.2 Å². The lowest BCUT2D eigenvalue weighted by molar-refractivity contribution is -0.132. The number of anilines is 2. The summed E-state index contributed by atoms with van der Waals surface area (Å²) in [6.07, 6.45) is 1.08. The molecule has 1 aliphatic rings. The lowest BCUT2D eigenvalue weighted by Crippen LogP contribution is -2.43. The Morgan fingerprint density at radius 1 is 1.07 bits per heavy atom. The minimum Gasteiger partial charge on any atom is -0.497 e. The fraction of sp³-hybridized carbons (Fsp3) is 0.333. The van der Waals surface area contributed by atoms with E-state index in [0.717, 1.165) is 5.69 Å². The summed E-state index contributed by atoms with van der Waals surface area (Å²) in [5, 5.41) is 2.86. The Labute approximate surface area is 159 Å². The Bertz CT molecular complexity index is 831. The SMILES string of the molecule is CCN(C(=O)C1(C(=O)Nc2ccc(OC)cc2OC)CC1)c1ccccc1. The first-order valence-electron chi connectivity index (χ1n) is 8.96. The third-order valence-corrected chi connectivity index (χ3v) is 4.88. The van der Waals surface area contributed by atoms with E-state index in [-0.39, 0.29) is 11.8 Å². The molecule has 0 aliphatic heterocycles. The van der Waals surface area contributed by atoms with Crippen LogP contribution < -0.4 is 19.7 Å². The van der Waals surface area contributed by atoms with Crippen molar-refractivity contribution in [2.45, 2.75) is 19.8 Å². The van der Waals surface area contributed by atoms with Crippen molar-refractivity contribution in [2.24, 2.45) is 5.41 Å². The normalized spacial score (nSPS) is 14.2. The number of benzene rings is 2. The van der Waals surface area contributed by atoms with Gasteiger partial charge in [0, 0.05) is 18.3 Å². The molecule has 2 aromatic rings. The standard InChI is InChI=1S/C21H24N2O4/c1-4-23(15-8-6-5-7-9-15)20(25)21(12-13-21)19(24)22-17-11-10-16(26-2)14-18(17)27-3/h5-11,14H,4,12-13H2,1-3H3,(H,22,24). The molecule has 6 nitrogen and oxygen atoms in total. The number of hydrogen-bond donors (Lipinski definition) is 1. The largest absolute Gasteiger partial charge is 0.497 e. The van der Waals surface area contributed by atoms with Crippen LogP contribution in [0.3, 0.4) is 0 Å².